The quantitative estimate of drug-likeness (QED) is 0.454. The average molecular weight is 299 g/mol. The monoisotopic (exact) mass is 298 g/mol. The molecule has 1 aromatic carbocycles. The van der Waals surface area contributed by atoms with Crippen molar-refractivity contribution < 1.29 is 4.43 Å². The van der Waals surface area contributed by atoms with Gasteiger partial charge in [0.15, 0.2) is 0 Å². The molecule has 0 bridgehead atoms. The highest BCUT2D eigenvalue weighted by Crippen LogP contribution is 2.23. The first-order chi connectivity index (χ1) is 9.18. The van der Waals surface area contributed by atoms with Crippen molar-refractivity contribution in [1.82, 2.24) is 0 Å². The van der Waals surface area contributed by atoms with E-state index in [0.717, 1.165) is 18.1 Å². The molecule has 1 rings (SSSR count). The summed E-state index contributed by atoms with van der Waals surface area (Å²) in [7, 11) is -1.79. The zero-order valence-corrected chi connectivity index (χ0v) is 14.3. The molecule has 0 aliphatic carbocycles. The van der Waals surface area contributed by atoms with E-state index in [2.05, 4.69) is 32.9 Å². The van der Waals surface area contributed by atoms with Crippen LogP contribution in [0.3, 0.4) is 0 Å². The summed E-state index contributed by atoms with van der Waals surface area (Å²) in [5.74, 6) is 0. The molecule has 0 aliphatic rings. The number of benzene rings is 1. The summed E-state index contributed by atoms with van der Waals surface area (Å²) < 4.78 is 6.47. The van der Waals surface area contributed by atoms with Crippen LogP contribution in [0.5, 0.6) is 0 Å². The average Bonchev–Trinajstić information content (AvgIpc) is 2.40. The molecular formula is C16H27ClOSi. The topological polar surface area (TPSA) is 9.23 Å². The van der Waals surface area contributed by atoms with E-state index in [1.165, 1.54) is 36.5 Å². The van der Waals surface area contributed by atoms with E-state index < -0.39 is 8.32 Å². The Balaban J connectivity index is 2.95. The molecule has 108 valence electrons. The Morgan fingerprint density at radius 1 is 0.947 bits per heavy atom. The molecular weight excluding hydrogens is 272 g/mol. The lowest BCUT2D eigenvalue weighted by atomic mass is 10.4. The number of rotatable bonds is 9. The van der Waals surface area contributed by atoms with Crippen LogP contribution in [0.15, 0.2) is 24.3 Å². The first kappa shape index (κ1) is 16.7. The number of hydrogen-bond donors (Lipinski definition) is 0. The third kappa shape index (κ3) is 4.94. The fraction of sp³-hybridized carbons (Fsp3) is 0.625. The smallest absolute Gasteiger partial charge is 0.224 e. The normalized spacial score (nSPS) is 11.8. The Labute approximate surface area is 124 Å². The highest BCUT2D eigenvalue weighted by Gasteiger charge is 2.35. The van der Waals surface area contributed by atoms with Gasteiger partial charge in [0.2, 0.25) is 8.32 Å². The van der Waals surface area contributed by atoms with E-state index in [1.54, 1.807) is 0 Å². The summed E-state index contributed by atoms with van der Waals surface area (Å²) in [6, 6.07) is 10.8. The molecule has 3 heteroatoms. The van der Waals surface area contributed by atoms with Crippen LogP contribution < -0.4 is 5.19 Å². The van der Waals surface area contributed by atoms with Gasteiger partial charge in [0.1, 0.15) is 0 Å². The zero-order valence-electron chi connectivity index (χ0n) is 12.5. The van der Waals surface area contributed by atoms with Crippen LogP contribution >= 0.6 is 11.6 Å². The second-order valence-corrected chi connectivity index (χ2v) is 9.49. The maximum atomic E-state index is 6.47. The molecule has 0 saturated heterocycles. The summed E-state index contributed by atoms with van der Waals surface area (Å²) >= 11 is 6.02. The van der Waals surface area contributed by atoms with E-state index in [4.69, 9.17) is 16.0 Å². The van der Waals surface area contributed by atoms with Crippen LogP contribution in [-0.4, -0.2) is 14.9 Å². The lowest BCUT2D eigenvalue weighted by Crippen LogP contribution is -2.50. The molecule has 0 amide bonds. The molecule has 0 aliphatic heterocycles. The number of hydrogen-bond acceptors (Lipinski definition) is 1. The first-order valence-corrected chi connectivity index (χ1v) is 10.3. The molecule has 0 heterocycles. The van der Waals surface area contributed by atoms with Gasteiger partial charge in [0, 0.05) is 11.6 Å². The molecule has 19 heavy (non-hydrogen) atoms. The Morgan fingerprint density at radius 2 is 1.53 bits per heavy atom. The Kier molecular flexibility index (Phi) is 7.73. The predicted molar refractivity (Wildman–Crippen MR) is 87.9 cm³/mol. The van der Waals surface area contributed by atoms with Gasteiger partial charge >= 0.3 is 0 Å². The van der Waals surface area contributed by atoms with Gasteiger partial charge < -0.3 is 4.43 Å². The van der Waals surface area contributed by atoms with Gasteiger partial charge in [-0.2, -0.15) is 0 Å². The van der Waals surface area contributed by atoms with Crippen LogP contribution in [0.2, 0.25) is 17.1 Å². The van der Waals surface area contributed by atoms with Crippen molar-refractivity contribution >= 4 is 25.1 Å². The zero-order chi connectivity index (χ0) is 14.1. The second-order valence-electron chi connectivity index (χ2n) is 5.20. The third-order valence-electron chi connectivity index (χ3n) is 3.55. The molecule has 0 saturated carbocycles. The van der Waals surface area contributed by atoms with Crippen molar-refractivity contribution in [1.29, 1.82) is 0 Å². The molecule has 0 spiro atoms. The summed E-state index contributed by atoms with van der Waals surface area (Å²) in [5, 5.41) is 2.23. The molecule has 0 unspecified atom stereocenters. The molecule has 0 N–H and O–H groups in total. The Morgan fingerprint density at radius 3 is 2.00 bits per heavy atom. The van der Waals surface area contributed by atoms with Gasteiger partial charge in [-0.3, -0.25) is 0 Å². The fourth-order valence-electron chi connectivity index (χ4n) is 2.61. The summed E-state index contributed by atoms with van der Waals surface area (Å²) in [5.41, 5.74) is 0. The van der Waals surface area contributed by atoms with Crippen molar-refractivity contribution in [3.8, 4) is 0 Å². The van der Waals surface area contributed by atoms with Gasteiger partial charge in [-0.15, -0.1) is 0 Å². The summed E-state index contributed by atoms with van der Waals surface area (Å²) in [6.07, 6.45) is 4.75. The van der Waals surface area contributed by atoms with Crippen LogP contribution in [-0.2, 0) is 4.43 Å². The number of unbranched alkanes of at least 4 members (excludes halogenated alkanes) is 1. The minimum Gasteiger partial charge on any atom is -0.412 e. The van der Waals surface area contributed by atoms with E-state index >= 15 is 0 Å². The van der Waals surface area contributed by atoms with E-state index in [-0.39, 0.29) is 0 Å². The standard InChI is InChI=1S/C16H27ClOSi/c1-4-7-12-18-19(13-5-2,14-6-3)16-10-8-15(17)9-11-16/h8-11H,4-7,12-14H2,1-3H3. The fourth-order valence-corrected chi connectivity index (χ4v) is 6.95. The van der Waals surface area contributed by atoms with Gasteiger partial charge in [0.05, 0.1) is 0 Å². The van der Waals surface area contributed by atoms with Crippen molar-refractivity contribution in [2.75, 3.05) is 6.61 Å². The van der Waals surface area contributed by atoms with E-state index in [9.17, 15) is 0 Å². The second kappa shape index (κ2) is 8.78. The van der Waals surface area contributed by atoms with Gasteiger partial charge in [-0.05, 0) is 35.8 Å². The van der Waals surface area contributed by atoms with Crippen molar-refractivity contribution in [2.45, 2.75) is 58.5 Å². The summed E-state index contributed by atoms with van der Waals surface area (Å²) in [4.78, 5) is 0. The SMILES string of the molecule is CCCCO[Si](CCC)(CCC)c1ccc(Cl)cc1. The van der Waals surface area contributed by atoms with Gasteiger partial charge in [-0.25, -0.2) is 0 Å². The van der Waals surface area contributed by atoms with Crippen LogP contribution in [0.25, 0.3) is 0 Å². The van der Waals surface area contributed by atoms with E-state index in [1.807, 2.05) is 12.1 Å². The largest absolute Gasteiger partial charge is 0.412 e. The minimum atomic E-state index is -1.79. The maximum absolute atomic E-state index is 6.47. The van der Waals surface area contributed by atoms with Gasteiger partial charge in [-0.1, -0.05) is 63.8 Å². The molecule has 0 fully saturated rings. The minimum absolute atomic E-state index is 0.813. The maximum Gasteiger partial charge on any atom is 0.224 e. The molecule has 0 radical (unpaired) electrons. The first-order valence-electron chi connectivity index (χ1n) is 7.58. The Bertz CT molecular complexity index is 344. The molecule has 1 nitrogen and oxygen atoms in total. The van der Waals surface area contributed by atoms with Gasteiger partial charge in [0.25, 0.3) is 0 Å². The van der Waals surface area contributed by atoms with E-state index in [0.29, 0.717) is 0 Å². The molecule has 0 atom stereocenters. The lowest BCUT2D eigenvalue weighted by Gasteiger charge is -2.32. The van der Waals surface area contributed by atoms with Crippen LogP contribution in [0, 0.1) is 0 Å². The third-order valence-corrected chi connectivity index (χ3v) is 8.56. The number of halogens is 1. The lowest BCUT2D eigenvalue weighted by molar-refractivity contribution is 0.297. The van der Waals surface area contributed by atoms with Crippen LogP contribution in [0.1, 0.15) is 46.5 Å². The Hall–Kier alpha value is -0.313. The predicted octanol–water partition coefficient (Wildman–Crippen LogP) is 5.13. The molecule has 1 aromatic rings. The van der Waals surface area contributed by atoms with Crippen LogP contribution in [0.4, 0.5) is 0 Å². The van der Waals surface area contributed by atoms with Crippen molar-refractivity contribution in [2.24, 2.45) is 0 Å². The highest BCUT2D eigenvalue weighted by molar-refractivity contribution is 6.86. The molecule has 0 aromatic heterocycles. The van der Waals surface area contributed by atoms with Crippen molar-refractivity contribution in [3.63, 3.8) is 0 Å². The highest BCUT2D eigenvalue weighted by atomic mass is 35.5. The summed E-state index contributed by atoms with van der Waals surface area (Å²) in [6.45, 7) is 7.65. The van der Waals surface area contributed by atoms with Crippen molar-refractivity contribution in [3.05, 3.63) is 29.3 Å².